The molecule has 3 amide bonds. The molecule has 210 valence electrons. The van der Waals surface area contributed by atoms with E-state index in [-0.39, 0.29) is 34.5 Å². The molecule has 42 heavy (non-hydrogen) atoms. The molecule has 2 aromatic heterocycles. The summed E-state index contributed by atoms with van der Waals surface area (Å²) < 4.78 is 21.2. The summed E-state index contributed by atoms with van der Waals surface area (Å²) in [5, 5.41) is 7.88. The van der Waals surface area contributed by atoms with Gasteiger partial charge in [0.15, 0.2) is 11.6 Å². The van der Waals surface area contributed by atoms with Crippen molar-refractivity contribution in [2.24, 2.45) is 0 Å². The third-order valence-electron chi connectivity index (χ3n) is 7.85. The number of rotatable bonds is 6. The summed E-state index contributed by atoms with van der Waals surface area (Å²) in [5.41, 5.74) is 9.23. The van der Waals surface area contributed by atoms with E-state index in [0.717, 1.165) is 16.5 Å². The summed E-state index contributed by atoms with van der Waals surface area (Å²) in [6, 6.07) is 16.1. The maximum absolute atomic E-state index is 14.0. The monoisotopic (exact) mass is 564 g/mol. The third-order valence-corrected chi connectivity index (χ3v) is 7.85. The Morgan fingerprint density at radius 2 is 1.81 bits per heavy atom. The van der Waals surface area contributed by atoms with Crippen LogP contribution >= 0.6 is 0 Å². The molecule has 4 N–H and O–H groups in total. The van der Waals surface area contributed by atoms with Crippen LogP contribution in [0.2, 0.25) is 0 Å². The smallest absolute Gasteiger partial charge is 0.329 e. The van der Waals surface area contributed by atoms with Crippen molar-refractivity contribution in [3.05, 3.63) is 95.1 Å². The Balaban J connectivity index is 1.16. The largest absolute Gasteiger partial charge is 0.454 e. The zero-order valence-corrected chi connectivity index (χ0v) is 22.7. The van der Waals surface area contributed by atoms with Crippen molar-refractivity contribution in [3.63, 3.8) is 0 Å². The number of para-hydroxylation sites is 1. The van der Waals surface area contributed by atoms with Crippen LogP contribution in [0.5, 0.6) is 11.5 Å². The fourth-order valence-electron chi connectivity index (χ4n) is 5.36. The number of benzene rings is 3. The Morgan fingerprint density at radius 1 is 1.02 bits per heavy atom. The number of aromatic amines is 1. The SMILES string of the molecule is Cc1cc(-n2ncc(C(=O)c3cc4cc(C)c(N5C(=O)NC6(CC6)C5=O)cc4[nH]3)c2N)ccc1Oc1ccccc1F. The third kappa shape index (κ3) is 3.92. The molecular weight excluding hydrogens is 539 g/mol. The molecule has 1 spiro atoms. The first-order chi connectivity index (χ1) is 20.1. The molecule has 1 saturated heterocycles. The van der Waals surface area contributed by atoms with E-state index in [2.05, 4.69) is 15.4 Å². The fourth-order valence-corrected chi connectivity index (χ4v) is 5.36. The molecule has 1 saturated carbocycles. The summed E-state index contributed by atoms with van der Waals surface area (Å²) in [4.78, 5) is 43.3. The van der Waals surface area contributed by atoms with Crippen LogP contribution in [0.3, 0.4) is 0 Å². The summed E-state index contributed by atoms with van der Waals surface area (Å²) in [6.45, 7) is 3.63. The Labute approximate surface area is 238 Å². The Bertz CT molecular complexity index is 1970. The molecule has 1 aliphatic heterocycles. The van der Waals surface area contributed by atoms with Gasteiger partial charge in [0, 0.05) is 10.9 Å². The number of nitrogen functional groups attached to an aromatic ring is 1. The van der Waals surface area contributed by atoms with E-state index in [4.69, 9.17) is 10.5 Å². The van der Waals surface area contributed by atoms with E-state index in [1.54, 1.807) is 48.5 Å². The molecule has 0 atom stereocenters. The van der Waals surface area contributed by atoms with Gasteiger partial charge in [0.05, 0.1) is 28.8 Å². The topological polar surface area (TPSA) is 135 Å². The number of amides is 3. The number of aryl methyl sites for hydroxylation is 2. The number of carbonyl (C=O) groups excluding carboxylic acids is 3. The molecule has 11 heteroatoms. The van der Waals surface area contributed by atoms with Crippen molar-refractivity contribution in [2.75, 3.05) is 10.6 Å². The van der Waals surface area contributed by atoms with Gasteiger partial charge in [0.2, 0.25) is 5.78 Å². The maximum Gasteiger partial charge on any atom is 0.329 e. The molecule has 3 aromatic carbocycles. The molecule has 2 aliphatic rings. The van der Waals surface area contributed by atoms with Crippen LogP contribution in [0, 0.1) is 19.7 Å². The van der Waals surface area contributed by atoms with Crippen LogP contribution in [0.25, 0.3) is 16.6 Å². The average molecular weight is 565 g/mol. The molecular formula is C31H25FN6O4. The second-order valence-corrected chi connectivity index (χ2v) is 10.7. The van der Waals surface area contributed by atoms with E-state index >= 15 is 0 Å². The van der Waals surface area contributed by atoms with Crippen molar-refractivity contribution < 1.29 is 23.5 Å². The summed E-state index contributed by atoms with van der Waals surface area (Å²) in [6.07, 6.45) is 2.68. The number of urea groups is 1. The number of imide groups is 1. The van der Waals surface area contributed by atoms with Crippen molar-refractivity contribution in [3.8, 4) is 17.2 Å². The van der Waals surface area contributed by atoms with Gasteiger partial charge in [-0.1, -0.05) is 12.1 Å². The van der Waals surface area contributed by atoms with Crippen molar-refractivity contribution in [1.29, 1.82) is 0 Å². The van der Waals surface area contributed by atoms with Gasteiger partial charge >= 0.3 is 6.03 Å². The van der Waals surface area contributed by atoms with Crippen molar-refractivity contribution in [2.45, 2.75) is 32.2 Å². The highest BCUT2D eigenvalue weighted by Crippen LogP contribution is 2.43. The second-order valence-electron chi connectivity index (χ2n) is 10.7. The van der Waals surface area contributed by atoms with Gasteiger partial charge in [0.1, 0.15) is 17.1 Å². The van der Waals surface area contributed by atoms with Gasteiger partial charge in [-0.25, -0.2) is 18.8 Å². The molecule has 10 nitrogen and oxygen atoms in total. The number of hydrogen-bond donors (Lipinski definition) is 3. The predicted molar refractivity (Wildman–Crippen MR) is 154 cm³/mol. The van der Waals surface area contributed by atoms with Crippen LogP contribution in [-0.4, -0.2) is 38.0 Å². The van der Waals surface area contributed by atoms with E-state index in [1.165, 1.54) is 21.8 Å². The number of nitrogens with zero attached hydrogens (tertiary/aromatic N) is 3. The highest BCUT2D eigenvalue weighted by atomic mass is 19.1. The number of fused-ring (bicyclic) bond motifs is 1. The van der Waals surface area contributed by atoms with Gasteiger partial charge in [-0.3, -0.25) is 9.59 Å². The quantitative estimate of drug-likeness (QED) is 0.189. The molecule has 0 bridgehead atoms. The number of ketones is 1. The lowest BCUT2D eigenvalue weighted by molar-refractivity contribution is -0.119. The number of halogens is 1. The normalized spacial score (nSPS) is 15.5. The van der Waals surface area contributed by atoms with Crippen LogP contribution in [-0.2, 0) is 4.79 Å². The average Bonchev–Trinajstić information content (AvgIpc) is 3.35. The number of nitrogens with one attached hydrogen (secondary N) is 2. The second kappa shape index (κ2) is 9.03. The summed E-state index contributed by atoms with van der Waals surface area (Å²) >= 11 is 0. The highest BCUT2D eigenvalue weighted by molar-refractivity contribution is 6.25. The Hall–Kier alpha value is -5.45. The van der Waals surface area contributed by atoms with E-state index < -0.39 is 17.4 Å². The standard InChI is InChI=1S/C31H25FN6O4/c1-16-11-18-13-23(35-22(18)14-24(16)37-29(40)31(9-10-31)36-30(37)41)27(39)20-15-34-38(28(20)33)19-7-8-25(17(2)12-19)42-26-6-4-3-5-21(26)32/h3-8,11-15,35H,9-10,33H2,1-2H3,(H,36,41). The Morgan fingerprint density at radius 3 is 2.52 bits per heavy atom. The van der Waals surface area contributed by atoms with Crippen LogP contribution in [0.1, 0.15) is 40.0 Å². The van der Waals surface area contributed by atoms with E-state index in [9.17, 15) is 18.8 Å². The zero-order chi connectivity index (χ0) is 29.3. The zero-order valence-electron chi connectivity index (χ0n) is 22.7. The van der Waals surface area contributed by atoms with Crippen molar-refractivity contribution in [1.82, 2.24) is 20.1 Å². The minimum atomic E-state index is -0.765. The summed E-state index contributed by atoms with van der Waals surface area (Å²) in [7, 11) is 0. The van der Waals surface area contributed by atoms with E-state index in [1.807, 2.05) is 19.9 Å². The van der Waals surface area contributed by atoms with Gasteiger partial charge in [-0.2, -0.15) is 5.10 Å². The fraction of sp³-hybridized carbons (Fsp3) is 0.161. The number of nitrogens with two attached hydrogens (primary N) is 1. The summed E-state index contributed by atoms with van der Waals surface area (Å²) in [5.74, 6) is -0.351. The van der Waals surface area contributed by atoms with Crippen LogP contribution in [0.4, 0.5) is 20.7 Å². The molecule has 5 aromatic rings. The molecule has 3 heterocycles. The first kappa shape index (κ1) is 25.5. The number of ether oxygens (including phenoxy) is 1. The minimum absolute atomic E-state index is 0.114. The molecule has 7 rings (SSSR count). The first-order valence-electron chi connectivity index (χ1n) is 13.4. The molecule has 2 fully saturated rings. The molecule has 1 aliphatic carbocycles. The van der Waals surface area contributed by atoms with Crippen molar-refractivity contribution >= 4 is 40.1 Å². The molecule has 0 unspecified atom stereocenters. The number of carbonyl (C=O) groups is 3. The lowest BCUT2D eigenvalue weighted by Crippen LogP contribution is -2.32. The van der Waals surface area contributed by atoms with Gasteiger partial charge in [-0.15, -0.1) is 0 Å². The number of hydrogen-bond acceptors (Lipinski definition) is 6. The number of anilines is 2. The highest BCUT2D eigenvalue weighted by Gasteiger charge is 2.60. The maximum atomic E-state index is 14.0. The number of H-pyrrole nitrogens is 1. The van der Waals surface area contributed by atoms with Gasteiger partial charge in [-0.05, 0) is 86.3 Å². The number of aromatic nitrogens is 3. The molecule has 0 radical (unpaired) electrons. The van der Waals surface area contributed by atoms with E-state index in [0.29, 0.717) is 35.5 Å². The Kier molecular flexibility index (Phi) is 5.49. The minimum Gasteiger partial charge on any atom is -0.454 e. The van der Waals surface area contributed by atoms with Crippen LogP contribution in [0.15, 0.2) is 66.9 Å². The van der Waals surface area contributed by atoms with Gasteiger partial charge < -0.3 is 20.8 Å². The first-order valence-corrected chi connectivity index (χ1v) is 13.4. The lowest BCUT2D eigenvalue weighted by atomic mass is 10.1. The lowest BCUT2D eigenvalue weighted by Gasteiger charge is -2.16. The van der Waals surface area contributed by atoms with Crippen LogP contribution < -0.4 is 20.7 Å². The predicted octanol–water partition coefficient (Wildman–Crippen LogP) is 5.30. The van der Waals surface area contributed by atoms with Gasteiger partial charge in [0.25, 0.3) is 5.91 Å².